The van der Waals surface area contributed by atoms with Crippen LogP contribution in [-0.2, 0) is 9.47 Å². The van der Waals surface area contributed by atoms with Gasteiger partial charge in [0.1, 0.15) is 0 Å². The van der Waals surface area contributed by atoms with Crippen molar-refractivity contribution >= 4 is 11.9 Å². The third-order valence-electron chi connectivity index (χ3n) is 3.28. The third kappa shape index (κ3) is 8.23. The lowest BCUT2D eigenvalue weighted by Gasteiger charge is -2.15. The number of ether oxygens (including phenoxy) is 3. The molecule has 9 nitrogen and oxygen atoms in total. The van der Waals surface area contributed by atoms with Crippen LogP contribution in [0.4, 0.5) is 11.9 Å². The van der Waals surface area contributed by atoms with Crippen molar-refractivity contribution in [3.05, 3.63) is 0 Å². The van der Waals surface area contributed by atoms with E-state index in [1.807, 2.05) is 0 Å². The number of nitrogens with two attached hydrogens (primary N) is 1. The zero-order chi connectivity index (χ0) is 17.6. The Kier molecular flexibility index (Phi) is 10.7. The SMILES string of the molecule is CCC(CC)Nc1nc(NCCOCCOCCN)nc(OC)n1. The van der Waals surface area contributed by atoms with Crippen LogP contribution in [0.2, 0.25) is 0 Å². The van der Waals surface area contributed by atoms with Gasteiger partial charge >= 0.3 is 6.01 Å². The molecular weight excluding hydrogens is 312 g/mol. The zero-order valence-electron chi connectivity index (χ0n) is 14.9. The van der Waals surface area contributed by atoms with E-state index in [1.165, 1.54) is 7.11 Å². The smallest absolute Gasteiger partial charge is 0.322 e. The van der Waals surface area contributed by atoms with E-state index in [-0.39, 0.29) is 6.01 Å². The minimum Gasteiger partial charge on any atom is -0.467 e. The highest BCUT2D eigenvalue weighted by Gasteiger charge is 2.10. The lowest BCUT2D eigenvalue weighted by molar-refractivity contribution is 0.0547. The molecule has 0 spiro atoms. The fraction of sp³-hybridized carbons (Fsp3) is 0.800. The molecule has 1 heterocycles. The van der Waals surface area contributed by atoms with E-state index in [1.54, 1.807) is 0 Å². The normalized spacial score (nSPS) is 10.9. The summed E-state index contributed by atoms with van der Waals surface area (Å²) in [6.45, 7) is 7.49. The number of aromatic nitrogens is 3. The molecule has 0 bridgehead atoms. The molecule has 0 fully saturated rings. The van der Waals surface area contributed by atoms with Crippen molar-refractivity contribution in [2.24, 2.45) is 5.73 Å². The van der Waals surface area contributed by atoms with Gasteiger partial charge in [-0.1, -0.05) is 13.8 Å². The predicted octanol–water partition coefficient (Wildman–Crippen LogP) is 0.885. The number of hydrogen-bond donors (Lipinski definition) is 3. The summed E-state index contributed by atoms with van der Waals surface area (Å²) in [5.41, 5.74) is 5.33. The summed E-state index contributed by atoms with van der Waals surface area (Å²) in [6, 6.07) is 0.596. The lowest BCUT2D eigenvalue weighted by Crippen LogP contribution is -2.20. The first-order chi connectivity index (χ1) is 11.7. The molecule has 0 radical (unpaired) electrons. The van der Waals surface area contributed by atoms with Gasteiger partial charge in [-0.05, 0) is 12.8 Å². The van der Waals surface area contributed by atoms with Crippen LogP contribution in [0.5, 0.6) is 6.01 Å². The first-order valence-corrected chi connectivity index (χ1v) is 8.39. The van der Waals surface area contributed by atoms with Crippen molar-refractivity contribution in [1.82, 2.24) is 15.0 Å². The van der Waals surface area contributed by atoms with Gasteiger partial charge in [0, 0.05) is 19.1 Å². The first kappa shape index (κ1) is 20.3. The highest BCUT2D eigenvalue weighted by atomic mass is 16.5. The van der Waals surface area contributed by atoms with E-state index in [2.05, 4.69) is 39.4 Å². The molecule has 0 aliphatic carbocycles. The topological polar surface area (TPSA) is 116 Å². The second kappa shape index (κ2) is 12.7. The minimum atomic E-state index is 0.275. The summed E-state index contributed by atoms with van der Waals surface area (Å²) in [6.07, 6.45) is 1.99. The monoisotopic (exact) mass is 342 g/mol. The molecule has 0 saturated heterocycles. The molecule has 0 unspecified atom stereocenters. The quantitative estimate of drug-likeness (QED) is 0.424. The first-order valence-electron chi connectivity index (χ1n) is 8.39. The predicted molar refractivity (Wildman–Crippen MR) is 93.6 cm³/mol. The molecule has 4 N–H and O–H groups in total. The van der Waals surface area contributed by atoms with Crippen LogP contribution < -0.4 is 21.1 Å². The van der Waals surface area contributed by atoms with Crippen molar-refractivity contribution < 1.29 is 14.2 Å². The maximum Gasteiger partial charge on any atom is 0.322 e. The van der Waals surface area contributed by atoms with Gasteiger partial charge in [0.25, 0.3) is 0 Å². The molecule has 138 valence electrons. The number of hydrogen-bond acceptors (Lipinski definition) is 9. The summed E-state index contributed by atoms with van der Waals surface area (Å²) >= 11 is 0. The highest BCUT2D eigenvalue weighted by Crippen LogP contribution is 2.13. The Bertz CT molecular complexity index is 445. The maximum atomic E-state index is 5.44. The molecule has 24 heavy (non-hydrogen) atoms. The highest BCUT2D eigenvalue weighted by molar-refractivity contribution is 5.36. The van der Waals surface area contributed by atoms with Gasteiger partial charge in [0.05, 0.1) is 33.5 Å². The van der Waals surface area contributed by atoms with Gasteiger partial charge in [-0.15, -0.1) is 0 Å². The zero-order valence-corrected chi connectivity index (χ0v) is 14.9. The van der Waals surface area contributed by atoms with Crippen molar-refractivity contribution in [3.63, 3.8) is 0 Å². The molecular formula is C15H30N6O3. The van der Waals surface area contributed by atoms with Crippen LogP contribution in [0, 0.1) is 0 Å². The largest absolute Gasteiger partial charge is 0.467 e. The Morgan fingerprint density at radius 1 is 0.958 bits per heavy atom. The van der Waals surface area contributed by atoms with Crippen LogP contribution >= 0.6 is 0 Å². The molecule has 0 aliphatic rings. The van der Waals surface area contributed by atoms with Gasteiger partial charge in [0.2, 0.25) is 11.9 Å². The summed E-state index contributed by atoms with van der Waals surface area (Å²) in [5.74, 6) is 0.965. The molecule has 0 amide bonds. The second-order valence-electron chi connectivity index (χ2n) is 5.07. The number of anilines is 2. The Labute approximate surface area is 143 Å². The van der Waals surface area contributed by atoms with Crippen molar-refractivity contribution in [1.29, 1.82) is 0 Å². The van der Waals surface area contributed by atoms with Gasteiger partial charge in [-0.25, -0.2) is 0 Å². The number of nitrogens with one attached hydrogen (secondary N) is 2. The molecule has 0 saturated carbocycles. The van der Waals surface area contributed by atoms with Gasteiger partial charge in [-0.3, -0.25) is 0 Å². The fourth-order valence-electron chi connectivity index (χ4n) is 1.91. The molecule has 1 rings (SSSR count). The van der Waals surface area contributed by atoms with E-state index in [4.69, 9.17) is 19.9 Å². The van der Waals surface area contributed by atoms with E-state index < -0.39 is 0 Å². The molecule has 0 atom stereocenters. The minimum absolute atomic E-state index is 0.275. The second-order valence-corrected chi connectivity index (χ2v) is 5.07. The molecule has 9 heteroatoms. The van der Waals surface area contributed by atoms with Crippen molar-refractivity contribution in [2.45, 2.75) is 32.7 Å². The van der Waals surface area contributed by atoms with Crippen LogP contribution in [0.3, 0.4) is 0 Å². The summed E-state index contributed by atoms with van der Waals surface area (Å²) in [7, 11) is 1.53. The Hall–Kier alpha value is -1.71. The molecule has 0 aliphatic heterocycles. The standard InChI is InChI=1S/C15H30N6O3/c1-4-12(5-2)18-14-19-13(20-15(21-14)22-3)17-7-9-24-11-10-23-8-6-16/h12H,4-11,16H2,1-3H3,(H2,17,18,19,20,21). The average Bonchev–Trinajstić information content (AvgIpc) is 2.61. The molecule has 0 aromatic carbocycles. The van der Waals surface area contributed by atoms with E-state index in [0.29, 0.717) is 57.5 Å². The van der Waals surface area contributed by atoms with Crippen LogP contribution in [0.25, 0.3) is 0 Å². The van der Waals surface area contributed by atoms with Gasteiger partial charge in [0.15, 0.2) is 0 Å². The van der Waals surface area contributed by atoms with Crippen LogP contribution in [0.1, 0.15) is 26.7 Å². The average molecular weight is 342 g/mol. The van der Waals surface area contributed by atoms with E-state index in [9.17, 15) is 0 Å². The Balaban J connectivity index is 2.40. The van der Waals surface area contributed by atoms with Crippen molar-refractivity contribution in [3.8, 4) is 6.01 Å². The van der Waals surface area contributed by atoms with Crippen LogP contribution in [-0.4, -0.2) is 67.6 Å². The van der Waals surface area contributed by atoms with Crippen molar-refractivity contribution in [2.75, 3.05) is 57.3 Å². The van der Waals surface area contributed by atoms with E-state index in [0.717, 1.165) is 12.8 Å². The lowest BCUT2D eigenvalue weighted by atomic mass is 10.2. The molecule has 1 aromatic rings. The van der Waals surface area contributed by atoms with E-state index >= 15 is 0 Å². The Morgan fingerprint density at radius 3 is 2.25 bits per heavy atom. The summed E-state index contributed by atoms with van der Waals surface area (Å²) < 4.78 is 15.8. The fourth-order valence-corrected chi connectivity index (χ4v) is 1.91. The van der Waals surface area contributed by atoms with Gasteiger partial charge in [-0.2, -0.15) is 15.0 Å². The Morgan fingerprint density at radius 2 is 1.62 bits per heavy atom. The maximum absolute atomic E-state index is 5.44. The van der Waals surface area contributed by atoms with Crippen LogP contribution in [0.15, 0.2) is 0 Å². The number of methoxy groups -OCH3 is 1. The number of rotatable bonds is 14. The summed E-state index contributed by atoms with van der Waals surface area (Å²) in [4.78, 5) is 12.8. The summed E-state index contributed by atoms with van der Waals surface area (Å²) in [5, 5.41) is 6.39. The van der Waals surface area contributed by atoms with Gasteiger partial charge < -0.3 is 30.6 Å². The number of nitrogens with zero attached hydrogens (tertiary/aromatic N) is 3. The third-order valence-corrected chi connectivity index (χ3v) is 3.28. The molecule has 1 aromatic heterocycles.